The zero-order chi connectivity index (χ0) is 7.82. The van der Waals surface area contributed by atoms with Crippen LogP contribution in [0.1, 0.15) is 19.8 Å². The zero-order valence-corrected chi connectivity index (χ0v) is 6.13. The molecule has 0 aromatic heterocycles. The third-order valence-corrected chi connectivity index (χ3v) is 1.02. The lowest BCUT2D eigenvalue weighted by Crippen LogP contribution is -2.06. The average Bonchev–Trinajstić information content (AvgIpc) is 1.87. The van der Waals surface area contributed by atoms with Crippen molar-refractivity contribution in [3.8, 4) is 0 Å². The molecule has 0 radical (unpaired) electrons. The molecule has 3 heteroatoms. The van der Waals surface area contributed by atoms with Crippen LogP contribution in [0.4, 0.5) is 0 Å². The summed E-state index contributed by atoms with van der Waals surface area (Å²) in [5, 5.41) is 11.0. The van der Waals surface area contributed by atoms with Gasteiger partial charge >= 0.3 is 5.97 Å². The molecule has 0 spiro atoms. The number of hydrogen-bond acceptors (Lipinski definition) is 2. The molecule has 0 heterocycles. The van der Waals surface area contributed by atoms with Crippen LogP contribution in [-0.4, -0.2) is 17.6 Å². The molecule has 0 aromatic rings. The first-order valence-corrected chi connectivity index (χ1v) is 3.40. The number of hydrogen-bond donors (Lipinski definition) is 2. The van der Waals surface area contributed by atoms with Gasteiger partial charge in [-0.2, -0.15) is 0 Å². The largest absolute Gasteiger partial charge is 0.478 e. The Labute approximate surface area is 60.7 Å². The lowest BCUT2D eigenvalue weighted by molar-refractivity contribution is -0.131. The van der Waals surface area contributed by atoms with E-state index in [0.29, 0.717) is 0 Å². The molecular formula is C7H13NO2. The van der Waals surface area contributed by atoms with Crippen LogP contribution in [0.15, 0.2) is 12.3 Å². The molecule has 0 saturated heterocycles. The summed E-state index contributed by atoms with van der Waals surface area (Å²) in [7, 11) is 0. The molecule has 0 bridgehead atoms. The Balaban J connectivity index is 3.10. The SMILES string of the molecule is CCCCN/C=C/C(=O)O. The normalized spacial score (nSPS) is 10.1. The van der Waals surface area contributed by atoms with E-state index in [1.807, 2.05) is 0 Å². The first-order valence-electron chi connectivity index (χ1n) is 3.40. The van der Waals surface area contributed by atoms with Gasteiger partial charge in [0.05, 0.1) is 0 Å². The summed E-state index contributed by atoms with van der Waals surface area (Å²) < 4.78 is 0. The van der Waals surface area contributed by atoms with Crippen LogP contribution in [0.5, 0.6) is 0 Å². The van der Waals surface area contributed by atoms with Crippen molar-refractivity contribution in [3.63, 3.8) is 0 Å². The second-order valence-electron chi connectivity index (χ2n) is 1.98. The van der Waals surface area contributed by atoms with Crippen molar-refractivity contribution in [3.05, 3.63) is 12.3 Å². The van der Waals surface area contributed by atoms with Crippen molar-refractivity contribution in [1.29, 1.82) is 0 Å². The smallest absolute Gasteiger partial charge is 0.329 e. The summed E-state index contributed by atoms with van der Waals surface area (Å²) in [6.45, 7) is 2.93. The third kappa shape index (κ3) is 7.01. The Hall–Kier alpha value is -0.990. The molecule has 10 heavy (non-hydrogen) atoms. The van der Waals surface area contributed by atoms with Crippen LogP contribution in [0, 0.1) is 0 Å². The van der Waals surface area contributed by atoms with E-state index in [4.69, 9.17) is 5.11 Å². The Bertz CT molecular complexity index is 121. The fraction of sp³-hybridized carbons (Fsp3) is 0.571. The molecule has 0 aliphatic rings. The van der Waals surface area contributed by atoms with Gasteiger partial charge in [0, 0.05) is 18.8 Å². The fourth-order valence-electron chi connectivity index (χ4n) is 0.492. The maximum Gasteiger partial charge on any atom is 0.329 e. The fourth-order valence-corrected chi connectivity index (χ4v) is 0.492. The maximum atomic E-state index is 9.91. The highest BCUT2D eigenvalue weighted by molar-refractivity contribution is 5.79. The van der Waals surface area contributed by atoms with Gasteiger partial charge in [0.1, 0.15) is 0 Å². The van der Waals surface area contributed by atoms with Gasteiger partial charge in [0.2, 0.25) is 0 Å². The number of aliphatic carboxylic acids is 1. The minimum absolute atomic E-state index is 0.847. The second kappa shape index (κ2) is 6.13. The van der Waals surface area contributed by atoms with Crippen molar-refractivity contribution >= 4 is 5.97 Å². The maximum absolute atomic E-state index is 9.91. The van der Waals surface area contributed by atoms with Crippen LogP contribution < -0.4 is 5.32 Å². The Morgan fingerprint density at radius 3 is 2.90 bits per heavy atom. The molecule has 2 N–H and O–H groups in total. The van der Waals surface area contributed by atoms with Crippen molar-refractivity contribution in [2.24, 2.45) is 0 Å². The number of unbranched alkanes of at least 4 members (excludes halogenated alkanes) is 1. The van der Waals surface area contributed by atoms with E-state index in [9.17, 15) is 4.79 Å². The van der Waals surface area contributed by atoms with Gasteiger partial charge in [-0.15, -0.1) is 0 Å². The zero-order valence-electron chi connectivity index (χ0n) is 6.13. The number of rotatable bonds is 5. The van der Waals surface area contributed by atoms with Gasteiger partial charge in [-0.1, -0.05) is 13.3 Å². The molecule has 0 fully saturated rings. The standard InChI is InChI=1S/C7H13NO2/c1-2-3-5-8-6-4-7(9)10/h4,6,8H,2-3,5H2,1H3,(H,9,10)/b6-4+. The number of carboxylic acids is 1. The van der Waals surface area contributed by atoms with Crippen LogP contribution >= 0.6 is 0 Å². The predicted molar refractivity (Wildman–Crippen MR) is 39.7 cm³/mol. The summed E-state index contributed by atoms with van der Waals surface area (Å²) in [5.41, 5.74) is 0. The molecule has 0 saturated carbocycles. The number of carboxylic acid groups (broad SMARTS) is 1. The third-order valence-electron chi connectivity index (χ3n) is 1.02. The lowest BCUT2D eigenvalue weighted by atomic mass is 10.3. The van der Waals surface area contributed by atoms with Crippen LogP contribution in [0.2, 0.25) is 0 Å². The van der Waals surface area contributed by atoms with Crippen molar-refractivity contribution in [2.45, 2.75) is 19.8 Å². The molecular weight excluding hydrogens is 130 g/mol. The first kappa shape index (κ1) is 9.01. The molecule has 0 aliphatic carbocycles. The number of nitrogens with one attached hydrogen (secondary N) is 1. The topological polar surface area (TPSA) is 49.3 Å². The quantitative estimate of drug-likeness (QED) is 0.445. The molecule has 0 atom stereocenters. The Morgan fingerprint density at radius 2 is 2.40 bits per heavy atom. The van der Waals surface area contributed by atoms with Gasteiger partial charge in [0.25, 0.3) is 0 Å². The van der Waals surface area contributed by atoms with Crippen LogP contribution in [0.25, 0.3) is 0 Å². The minimum atomic E-state index is -0.913. The predicted octanol–water partition coefficient (Wildman–Crippen LogP) is 0.974. The summed E-state index contributed by atoms with van der Waals surface area (Å²) in [6, 6.07) is 0. The van der Waals surface area contributed by atoms with Crippen molar-refractivity contribution in [1.82, 2.24) is 5.32 Å². The van der Waals surface area contributed by atoms with E-state index >= 15 is 0 Å². The summed E-state index contributed by atoms with van der Waals surface area (Å²) in [5.74, 6) is -0.913. The molecule has 0 amide bonds. The van der Waals surface area contributed by atoms with Gasteiger partial charge in [-0.25, -0.2) is 4.79 Å². The summed E-state index contributed by atoms with van der Waals surface area (Å²) >= 11 is 0. The van der Waals surface area contributed by atoms with Crippen LogP contribution in [-0.2, 0) is 4.79 Å². The van der Waals surface area contributed by atoms with E-state index in [0.717, 1.165) is 25.5 Å². The average molecular weight is 143 g/mol. The van der Waals surface area contributed by atoms with Gasteiger partial charge in [-0.3, -0.25) is 0 Å². The highest BCUT2D eigenvalue weighted by Crippen LogP contribution is 1.81. The minimum Gasteiger partial charge on any atom is -0.478 e. The Morgan fingerprint density at radius 1 is 1.70 bits per heavy atom. The lowest BCUT2D eigenvalue weighted by Gasteiger charge is -1.94. The van der Waals surface area contributed by atoms with Crippen LogP contribution in [0.3, 0.4) is 0 Å². The van der Waals surface area contributed by atoms with Gasteiger partial charge in [-0.05, 0) is 6.42 Å². The second-order valence-corrected chi connectivity index (χ2v) is 1.98. The van der Waals surface area contributed by atoms with Crippen molar-refractivity contribution < 1.29 is 9.90 Å². The van der Waals surface area contributed by atoms with E-state index in [1.165, 1.54) is 6.20 Å². The van der Waals surface area contributed by atoms with E-state index < -0.39 is 5.97 Å². The molecule has 3 nitrogen and oxygen atoms in total. The molecule has 58 valence electrons. The molecule has 0 rings (SSSR count). The van der Waals surface area contributed by atoms with E-state index in [1.54, 1.807) is 0 Å². The molecule has 0 unspecified atom stereocenters. The molecule has 0 aromatic carbocycles. The first-order chi connectivity index (χ1) is 4.77. The molecule has 0 aliphatic heterocycles. The van der Waals surface area contributed by atoms with Crippen molar-refractivity contribution in [2.75, 3.05) is 6.54 Å². The summed E-state index contributed by atoms with van der Waals surface area (Å²) in [4.78, 5) is 9.91. The monoisotopic (exact) mass is 143 g/mol. The van der Waals surface area contributed by atoms with Gasteiger partial charge < -0.3 is 10.4 Å². The number of carbonyl (C=O) groups is 1. The van der Waals surface area contributed by atoms with E-state index in [2.05, 4.69) is 12.2 Å². The highest BCUT2D eigenvalue weighted by atomic mass is 16.4. The Kier molecular flexibility index (Phi) is 5.53. The summed E-state index contributed by atoms with van der Waals surface area (Å²) in [6.07, 6.45) is 4.74. The van der Waals surface area contributed by atoms with E-state index in [-0.39, 0.29) is 0 Å². The highest BCUT2D eigenvalue weighted by Gasteiger charge is 1.82. The van der Waals surface area contributed by atoms with Gasteiger partial charge in [0.15, 0.2) is 0 Å².